The Morgan fingerprint density at radius 3 is 2.24 bits per heavy atom. The van der Waals surface area contributed by atoms with Gasteiger partial charge in [0.1, 0.15) is 17.4 Å². The molecule has 5 heteroatoms. The van der Waals surface area contributed by atoms with Gasteiger partial charge in [-0.15, -0.1) is 11.6 Å². The monoisotopic (exact) mass is 517 g/mol. The molecule has 0 unspecified atom stereocenters. The molecule has 0 radical (unpaired) electrons. The molecule has 0 atom stereocenters. The first-order chi connectivity index (χ1) is 18.6. The minimum absolute atomic E-state index is 0.123. The van der Waals surface area contributed by atoms with Crippen molar-refractivity contribution in [2.45, 2.75) is 13.3 Å². The maximum absolute atomic E-state index is 14.1. The number of halogens is 1. The Kier molecular flexibility index (Phi) is 6.18. The molecule has 5 aromatic rings. The minimum atomic E-state index is -0.272. The zero-order valence-electron chi connectivity index (χ0n) is 20.8. The number of rotatable bonds is 5. The van der Waals surface area contributed by atoms with Crippen LogP contribution in [0.25, 0.3) is 10.8 Å². The van der Waals surface area contributed by atoms with E-state index < -0.39 is 0 Å². The van der Waals surface area contributed by atoms with Crippen molar-refractivity contribution in [2.75, 3.05) is 10.8 Å². The van der Waals surface area contributed by atoms with Gasteiger partial charge in [-0.05, 0) is 42.3 Å². The summed E-state index contributed by atoms with van der Waals surface area (Å²) in [5.41, 5.74) is 5.21. The Morgan fingerprint density at radius 1 is 0.842 bits per heavy atom. The largest absolute Gasteiger partial charge is 0.456 e. The molecule has 186 valence electrons. The summed E-state index contributed by atoms with van der Waals surface area (Å²) >= 11 is 6.18. The zero-order chi connectivity index (χ0) is 26.2. The third kappa shape index (κ3) is 4.04. The summed E-state index contributed by atoms with van der Waals surface area (Å²) in [5, 5.41) is 1.56. The first kappa shape index (κ1) is 24.0. The Hall–Kier alpha value is -4.41. The summed E-state index contributed by atoms with van der Waals surface area (Å²) in [4.78, 5) is 29.3. The van der Waals surface area contributed by atoms with Crippen LogP contribution in [0.1, 0.15) is 32.6 Å². The highest BCUT2D eigenvalue weighted by atomic mass is 35.5. The van der Waals surface area contributed by atoms with E-state index in [0.717, 1.165) is 27.5 Å². The molecule has 38 heavy (non-hydrogen) atoms. The number of anilines is 2. The van der Waals surface area contributed by atoms with Crippen molar-refractivity contribution in [3.05, 3.63) is 131 Å². The van der Waals surface area contributed by atoms with Crippen LogP contribution < -0.4 is 9.64 Å². The van der Waals surface area contributed by atoms with Crippen LogP contribution in [-0.4, -0.2) is 17.6 Å². The fraction of sp³-hybridized carbons (Fsp3) is 0.0909. The number of carbonyl (C=O) groups is 2. The van der Waals surface area contributed by atoms with Crippen LogP contribution in [-0.2, 0) is 11.2 Å². The molecule has 6 rings (SSSR count). The van der Waals surface area contributed by atoms with Crippen molar-refractivity contribution in [3.8, 4) is 11.5 Å². The maximum atomic E-state index is 14.1. The number of hydrogen-bond donors (Lipinski definition) is 0. The van der Waals surface area contributed by atoms with E-state index in [1.807, 2.05) is 110 Å². The number of ketones is 1. The van der Waals surface area contributed by atoms with E-state index >= 15 is 0 Å². The third-order valence-electron chi connectivity index (χ3n) is 6.94. The molecule has 1 aliphatic carbocycles. The van der Waals surface area contributed by atoms with Gasteiger partial charge in [0.2, 0.25) is 5.91 Å². The van der Waals surface area contributed by atoms with Crippen LogP contribution in [0.15, 0.2) is 103 Å². The standard InChI is InChI=1S/C33H24ClNO3/c1-21-15-17-23(18-16-21)35(29(36)20-34)31-26-13-7-8-14-27(26)33(38-24-10-3-2-4-11-24)30-28(31)19-22-9-5-6-12-25(22)32(30)37/h2-18H,19-20H2,1H3. The Balaban J connectivity index is 1.71. The van der Waals surface area contributed by atoms with Crippen molar-refractivity contribution in [1.29, 1.82) is 0 Å². The number of hydrogen-bond acceptors (Lipinski definition) is 3. The predicted octanol–water partition coefficient (Wildman–Crippen LogP) is 7.98. The molecule has 4 nitrogen and oxygen atoms in total. The van der Waals surface area contributed by atoms with Crippen molar-refractivity contribution < 1.29 is 14.3 Å². The lowest BCUT2D eigenvalue weighted by Gasteiger charge is -2.31. The molecule has 5 aromatic carbocycles. The number of aryl methyl sites for hydroxylation is 1. The van der Waals surface area contributed by atoms with Gasteiger partial charge in [-0.3, -0.25) is 14.5 Å². The van der Waals surface area contributed by atoms with Gasteiger partial charge in [0, 0.05) is 28.4 Å². The lowest BCUT2D eigenvalue weighted by atomic mass is 9.81. The molecule has 0 aliphatic heterocycles. The molecule has 0 saturated heterocycles. The normalized spacial score (nSPS) is 12.1. The number of carbonyl (C=O) groups excluding carboxylic acids is 2. The number of fused-ring (bicyclic) bond motifs is 3. The fourth-order valence-corrected chi connectivity index (χ4v) is 5.31. The second-order valence-electron chi connectivity index (χ2n) is 9.35. The summed E-state index contributed by atoms with van der Waals surface area (Å²) in [6, 6.07) is 32.6. The van der Waals surface area contributed by atoms with Crippen molar-refractivity contribution in [1.82, 2.24) is 0 Å². The van der Waals surface area contributed by atoms with E-state index in [-0.39, 0.29) is 17.6 Å². The van der Waals surface area contributed by atoms with Crippen molar-refractivity contribution in [3.63, 3.8) is 0 Å². The number of ether oxygens (including phenoxy) is 1. The van der Waals surface area contributed by atoms with Crippen LogP contribution in [0.2, 0.25) is 0 Å². The van der Waals surface area contributed by atoms with E-state index in [0.29, 0.717) is 40.4 Å². The summed E-state index contributed by atoms with van der Waals surface area (Å²) in [7, 11) is 0. The average Bonchev–Trinajstić information content (AvgIpc) is 2.96. The van der Waals surface area contributed by atoms with Crippen LogP contribution in [0.3, 0.4) is 0 Å². The Bertz CT molecular complexity index is 1690. The summed E-state index contributed by atoms with van der Waals surface area (Å²) in [6.45, 7) is 2.00. The molecular weight excluding hydrogens is 494 g/mol. The quantitative estimate of drug-likeness (QED) is 0.218. The molecule has 0 bridgehead atoms. The molecule has 0 saturated carbocycles. The first-order valence-corrected chi connectivity index (χ1v) is 13.0. The van der Waals surface area contributed by atoms with E-state index in [4.69, 9.17) is 16.3 Å². The number of nitrogens with zero attached hydrogens (tertiary/aromatic N) is 1. The first-order valence-electron chi connectivity index (χ1n) is 12.5. The third-order valence-corrected chi connectivity index (χ3v) is 7.17. The maximum Gasteiger partial charge on any atom is 0.246 e. The van der Waals surface area contributed by atoms with Crippen LogP contribution >= 0.6 is 11.6 Å². The SMILES string of the molecule is Cc1ccc(N(C(=O)CCl)c2c3c(c(Oc4ccccc4)c4ccccc24)C(=O)c2ccccc2C3)cc1. The topological polar surface area (TPSA) is 46.6 Å². The summed E-state index contributed by atoms with van der Waals surface area (Å²) in [5.74, 6) is 0.524. The lowest BCUT2D eigenvalue weighted by molar-refractivity contribution is -0.115. The average molecular weight is 518 g/mol. The zero-order valence-corrected chi connectivity index (χ0v) is 21.5. The molecule has 1 aliphatic rings. The van der Waals surface area contributed by atoms with E-state index in [1.54, 1.807) is 4.90 Å². The summed E-state index contributed by atoms with van der Waals surface area (Å²) in [6.07, 6.45) is 0.473. The van der Waals surface area contributed by atoms with E-state index in [1.165, 1.54) is 0 Å². The van der Waals surface area contributed by atoms with Gasteiger partial charge in [0.05, 0.1) is 11.3 Å². The van der Waals surface area contributed by atoms with Crippen molar-refractivity contribution in [2.24, 2.45) is 0 Å². The molecule has 0 aromatic heterocycles. The Labute approximate surface area is 226 Å². The number of benzene rings is 5. The molecular formula is C33H24ClNO3. The molecule has 0 spiro atoms. The van der Waals surface area contributed by atoms with Gasteiger partial charge in [-0.1, -0.05) is 84.4 Å². The smallest absolute Gasteiger partial charge is 0.246 e. The van der Waals surface area contributed by atoms with E-state index in [9.17, 15) is 9.59 Å². The van der Waals surface area contributed by atoms with Gasteiger partial charge in [0.15, 0.2) is 5.78 Å². The second-order valence-corrected chi connectivity index (χ2v) is 9.62. The number of amides is 1. The predicted molar refractivity (Wildman–Crippen MR) is 152 cm³/mol. The fourth-order valence-electron chi connectivity index (χ4n) is 5.19. The van der Waals surface area contributed by atoms with Gasteiger partial charge < -0.3 is 4.74 Å². The van der Waals surface area contributed by atoms with Gasteiger partial charge in [-0.2, -0.15) is 0 Å². The molecule has 0 fully saturated rings. The van der Waals surface area contributed by atoms with Gasteiger partial charge in [-0.25, -0.2) is 0 Å². The highest BCUT2D eigenvalue weighted by Gasteiger charge is 2.34. The molecule has 1 amide bonds. The minimum Gasteiger partial charge on any atom is -0.456 e. The van der Waals surface area contributed by atoms with Crippen LogP contribution in [0.4, 0.5) is 11.4 Å². The van der Waals surface area contributed by atoms with Crippen LogP contribution in [0, 0.1) is 6.92 Å². The highest BCUT2D eigenvalue weighted by Crippen LogP contribution is 2.48. The van der Waals surface area contributed by atoms with E-state index in [2.05, 4.69) is 0 Å². The van der Waals surface area contributed by atoms with Crippen molar-refractivity contribution >= 4 is 45.4 Å². The lowest BCUT2D eigenvalue weighted by Crippen LogP contribution is -2.30. The van der Waals surface area contributed by atoms with Gasteiger partial charge in [0.25, 0.3) is 0 Å². The highest BCUT2D eigenvalue weighted by molar-refractivity contribution is 6.31. The second kappa shape index (κ2) is 9.81. The van der Waals surface area contributed by atoms with Crippen LogP contribution in [0.5, 0.6) is 11.5 Å². The summed E-state index contributed by atoms with van der Waals surface area (Å²) < 4.78 is 6.47. The Morgan fingerprint density at radius 2 is 1.50 bits per heavy atom. The number of para-hydroxylation sites is 1. The molecule has 0 N–H and O–H groups in total. The number of alkyl halides is 1. The van der Waals surface area contributed by atoms with Gasteiger partial charge >= 0.3 is 0 Å². The molecule has 0 heterocycles.